The number of hydrogen-bond donors (Lipinski definition) is 1. The molecule has 0 saturated carbocycles. The molecule has 0 bridgehead atoms. The Morgan fingerprint density at radius 2 is 2.06 bits per heavy atom. The fourth-order valence-corrected chi connectivity index (χ4v) is 2.11. The molecule has 0 aliphatic heterocycles. The lowest BCUT2D eigenvalue weighted by molar-refractivity contribution is 0.176. The van der Waals surface area contributed by atoms with E-state index in [1.165, 1.54) is 0 Å². The standard InChI is InChI=1S/C15H18O3/c1-10-7-14(11(2)18-10)15(16)9-12-5-4-6-13(8-12)17-3/h4-8,15-16H,9H2,1-3H3. The average molecular weight is 246 g/mol. The number of aliphatic hydroxyl groups is 1. The van der Waals surface area contributed by atoms with Crippen LogP contribution in [0.3, 0.4) is 0 Å². The molecular formula is C15H18O3. The Balaban J connectivity index is 2.15. The van der Waals surface area contributed by atoms with Crippen molar-refractivity contribution in [2.45, 2.75) is 26.4 Å². The molecule has 1 atom stereocenters. The normalized spacial score (nSPS) is 12.4. The number of furan rings is 1. The summed E-state index contributed by atoms with van der Waals surface area (Å²) in [6.07, 6.45) is 0.00589. The van der Waals surface area contributed by atoms with Gasteiger partial charge in [0.25, 0.3) is 0 Å². The third kappa shape index (κ3) is 2.74. The lowest BCUT2D eigenvalue weighted by atomic mass is 10.0. The molecule has 0 aliphatic carbocycles. The van der Waals surface area contributed by atoms with Crippen LogP contribution < -0.4 is 4.74 Å². The molecule has 1 aromatic carbocycles. The molecule has 18 heavy (non-hydrogen) atoms. The minimum absolute atomic E-state index is 0.547. The van der Waals surface area contributed by atoms with Crippen molar-refractivity contribution in [2.75, 3.05) is 7.11 Å². The van der Waals surface area contributed by atoms with Crippen LogP contribution in [0.5, 0.6) is 5.75 Å². The first-order valence-electron chi connectivity index (χ1n) is 5.98. The van der Waals surface area contributed by atoms with E-state index in [9.17, 15) is 5.11 Å². The maximum absolute atomic E-state index is 10.2. The van der Waals surface area contributed by atoms with Crippen molar-refractivity contribution < 1.29 is 14.3 Å². The van der Waals surface area contributed by atoms with Gasteiger partial charge in [-0.25, -0.2) is 0 Å². The molecule has 0 aliphatic rings. The van der Waals surface area contributed by atoms with Crippen LogP contribution in [0.15, 0.2) is 34.7 Å². The number of hydrogen-bond acceptors (Lipinski definition) is 3. The third-order valence-electron chi connectivity index (χ3n) is 3.00. The Labute approximate surface area is 107 Å². The first-order chi connectivity index (χ1) is 8.60. The molecule has 2 rings (SSSR count). The number of ether oxygens (including phenoxy) is 1. The molecule has 1 N–H and O–H groups in total. The molecule has 1 heterocycles. The van der Waals surface area contributed by atoms with E-state index in [-0.39, 0.29) is 0 Å². The van der Waals surface area contributed by atoms with Crippen molar-refractivity contribution in [1.82, 2.24) is 0 Å². The van der Waals surface area contributed by atoms with E-state index >= 15 is 0 Å². The van der Waals surface area contributed by atoms with Crippen LogP contribution in [0.2, 0.25) is 0 Å². The number of aryl methyl sites for hydroxylation is 2. The van der Waals surface area contributed by atoms with Gasteiger partial charge in [0.2, 0.25) is 0 Å². The SMILES string of the molecule is COc1cccc(CC(O)c2cc(C)oc2C)c1. The molecule has 0 spiro atoms. The summed E-state index contributed by atoms with van der Waals surface area (Å²) in [5.41, 5.74) is 1.90. The van der Waals surface area contributed by atoms with Gasteiger partial charge in [0, 0.05) is 12.0 Å². The third-order valence-corrected chi connectivity index (χ3v) is 3.00. The molecule has 0 radical (unpaired) electrons. The summed E-state index contributed by atoms with van der Waals surface area (Å²) in [5, 5.41) is 10.2. The van der Waals surface area contributed by atoms with Gasteiger partial charge in [-0.05, 0) is 37.6 Å². The molecule has 96 valence electrons. The second kappa shape index (κ2) is 5.27. The highest BCUT2D eigenvalue weighted by Crippen LogP contribution is 2.25. The van der Waals surface area contributed by atoms with Gasteiger partial charge in [0.05, 0.1) is 13.2 Å². The van der Waals surface area contributed by atoms with Crippen LogP contribution in [0.4, 0.5) is 0 Å². The summed E-state index contributed by atoms with van der Waals surface area (Å²) in [6, 6.07) is 9.62. The van der Waals surface area contributed by atoms with E-state index < -0.39 is 6.10 Å². The second-order valence-corrected chi connectivity index (χ2v) is 4.44. The average Bonchev–Trinajstić information content (AvgIpc) is 2.69. The summed E-state index contributed by atoms with van der Waals surface area (Å²) in [4.78, 5) is 0. The Morgan fingerprint density at radius 3 is 2.67 bits per heavy atom. The molecule has 3 nitrogen and oxygen atoms in total. The summed E-state index contributed by atoms with van der Waals surface area (Å²) in [6.45, 7) is 3.76. The minimum atomic E-state index is -0.547. The highest BCUT2D eigenvalue weighted by Gasteiger charge is 2.15. The minimum Gasteiger partial charge on any atom is -0.497 e. The van der Waals surface area contributed by atoms with Gasteiger partial charge >= 0.3 is 0 Å². The Hall–Kier alpha value is -1.74. The number of aliphatic hydroxyl groups excluding tert-OH is 1. The molecule has 0 saturated heterocycles. The maximum Gasteiger partial charge on any atom is 0.119 e. The van der Waals surface area contributed by atoms with Gasteiger partial charge in [-0.15, -0.1) is 0 Å². The summed E-state index contributed by atoms with van der Waals surface area (Å²) >= 11 is 0. The van der Waals surface area contributed by atoms with Crippen molar-refractivity contribution in [3.8, 4) is 5.75 Å². The first-order valence-corrected chi connectivity index (χ1v) is 5.98. The lowest BCUT2D eigenvalue weighted by Crippen LogP contribution is -2.02. The second-order valence-electron chi connectivity index (χ2n) is 4.44. The van der Waals surface area contributed by atoms with E-state index in [0.29, 0.717) is 6.42 Å². The van der Waals surface area contributed by atoms with Gasteiger partial charge < -0.3 is 14.3 Å². The molecule has 1 unspecified atom stereocenters. The number of benzene rings is 1. The summed E-state index contributed by atoms with van der Waals surface area (Å²) in [5.74, 6) is 2.41. The Bertz CT molecular complexity index is 528. The number of methoxy groups -OCH3 is 1. The van der Waals surface area contributed by atoms with E-state index in [1.54, 1.807) is 7.11 Å². The van der Waals surface area contributed by atoms with Crippen molar-refractivity contribution in [3.05, 3.63) is 53.0 Å². The van der Waals surface area contributed by atoms with Crippen LogP contribution in [0, 0.1) is 13.8 Å². The summed E-state index contributed by atoms with van der Waals surface area (Å²) < 4.78 is 10.6. The van der Waals surface area contributed by atoms with E-state index in [0.717, 1.165) is 28.4 Å². The Morgan fingerprint density at radius 1 is 1.28 bits per heavy atom. The molecule has 3 heteroatoms. The van der Waals surface area contributed by atoms with Crippen molar-refractivity contribution in [1.29, 1.82) is 0 Å². The zero-order chi connectivity index (χ0) is 13.1. The Kier molecular flexibility index (Phi) is 3.72. The molecule has 0 fully saturated rings. The fraction of sp³-hybridized carbons (Fsp3) is 0.333. The van der Waals surface area contributed by atoms with Gasteiger partial charge in [-0.1, -0.05) is 12.1 Å². The van der Waals surface area contributed by atoms with Gasteiger partial charge in [0.15, 0.2) is 0 Å². The monoisotopic (exact) mass is 246 g/mol. The predicted molar refractivity (Wildman–Crippen MR) is 69.8 cm³/mol. The van der Waals surface area contributed by atoms with Gasteiger partial charge in [-0.3, -0.25) is 0 Å². The van der Waals surface area contributed by atoms with Crippen LogP contribution in [-0.2, 0) is 6.42 Å². The van der Waals surface area contributed by atoms with E-state index in [4.69, 9.17) is 9.15 Å². The van der Waals surface area contributed by atoms with E-state index in [2.05, 4.69) is 0 Å². The summed E-state index contributed by atoms with van der Waals surface area (Å²) in [7, 11) is 1.64. The van der Waals surface area contributed by atoms with Crippen molar-refractivity contribution in [3.63, 3.8) is 0 Å². The van der Waals surface area contributed by atoms with Crippen molar-refractivity contribution in [2.24, 2.45) is 0 Å². The maximum atomic E-state index is 10.2. The highest BCUT2D eigenvalue weighted by atomic mass is 16.5. The zero-order valence-electron chi connectivity index (χ0n) is 10.9. The predicted octanol–water partition coefficient (Wildman–Crippen LogP) is 3.18. The molecule has 0 amide bonds. The van der Waals surface area contributed by atoms with Gasteiger partial charge in [-0.2, -0.15) is 0 Å². The topological polar surface area (TPSA) is 42.6 Å². The van der Waals surface area contributed by atoms with E-state index in [1.807, 2.05) is 44.2 Å². The van der Waals surface area contributed by atoms with Crippen LogP contribution in [-0.4, -0.2) is 12.2 Å². The van der Waals surface area contributed by atoms with Crippen LogP contribution in [0.25, 0.3) is 0 Å². The lowest BCUT2D eigenvalue weighted by Gasteiger charge is -2.10. The molecule has 2 aromatic rings. The highest BCUT2D eigenvalue weighted by molar-refractivity contribution is 5.31. The first kappa shape index (κ1) is 12.7. The number of rotatable bonds is 4. The molecular weight excluding hydrogens is 228 g/mol. The smallest absolute Gasteiger partial charge is 0.119 e. The van der Waals surface area contributed by atoms with Crippen LogP contribution >= 0.6 is 0 Å². The van der Waals surface area contributed by atoms with Crippen molar-refractivity contribution >= 4 is 0 Å². The van der Waals surface area contributed by atoms with Crippen LogP contribution in [0.1, 0.15) is 28.8 Å². The molecule has 1 aromatic heterocycles. The quantitative estimate of drug-likeness (QED) is 0.901. The largest absolute Gasteiger partial charge is 0.497 e. The fourth-order valence-electron chi connectivity index (χ4n) is 2.11. The zero-order valence-corrected chi connectivity index (χ0v) is 10.9. The van der Waals surface area contributed by atoms with Gasteiger partial charge in [0.1, 0.15) is 17.3 Å².